The van der Waals surface area contributed by atoms with E-state index < -0.39 is 0 Å². The maximum atomic E-state index is 5.37. The molecule has 0 spiro atoms. The van der Waals surface area contributed by atoms with E-state index in [0.29, 0.717) is 11.5 Å². The van der Waals surface area contributed by atoms with Crippen LogP contribution in [0.4, 0.5) is 0 Å². The zero-order chi connectivity index (χ0) is 16.5. The molecular formula is C18H31N3O2. The lowest BCUT2D eigenvalue weighted by Crippen LogP contribution is -2.43. The van der Waals surface area contributed by atoms with Crippen molar-refractivity contribution in [2.45, 2.75) is 52.0 Å². The maximum Gasteiger partial charge on any atom is 0.191 e. The highest BCUT2D eigenvalue weighted by Crippen LogP contribution is 2.48. The second kappa shape index (κ2) is 8.96. The summed E-state index contributed by atoms with van der Waals surface area (Å²) in [4.78, 5) is 4.83. The lowest BCUT2D eigenvalue weighted by molar-refractivity contribution is 0.174. The first kappa shape index (κ1) is 17.9. The SMILES string of the molecule is CCC(C)NC(=NCC1(CCOC)CC1)NCCc1ccco1. The molecule has 1 aliphatic carbocycles. The van der Waals surface area contributed by atoms with Gasteiger partial charge in [0, 0.05) is 39.3 Å². The van der Waals surface area contributed by atoms with Crippen molar-refractivity contribution in [1.82, 2.24) is 10.6 Å². The van der Waals surface area contributed by atoms with Gasteiger partial charge < -0.3 is 19.8 Å². The van der Waals surface area contributed by atoms with Crippen LogP contribution in [0.15, 0.2) is 27.8 Å². The minimum absolute atomic E-state index is 0.376. The monoisotopic (exact) mass is 321 g/mol. The van der Waals surface area contributed by atoms with E-state index in [4.69, 9.17) is 14.1 Å². The van der Waals surface area contributed by atoms with Crippen LogP contribution in [0.25, 0.3) is 0 Å². The van der Waals surface area contributed by atoms with E-state index in [2.05, 4.69) is 24.5 Å². The molecule has 0 radical (unpaired) electrons. The zero-order valence-electron chi connectivity index (χ0n) is 14.7. The van der Waals surface area contributed by atoms with Gasteiger partial charge in [0.1, 0.15) is 5.76 Å². The Labute approximate surface area is 139 Å². The van der Waals surface area contributed by atoms with E-state index in [0.717, 1.165) is 50.7 Å². The molecule has 0 amide bonds. The van der Waals surface area contributed by atoms with Gasteiger partial charge in [-0.1, -0.05) is 6.92 Å². The van der Waals surface area contributed by atoms with Crippen LogP contribution in [0.1, 0.15) is 45.3 Å². The smallest absolute Gasteiger partial charge is 0.191 e. The summed E-state index contributed by atoms with van der Waals surface area (Å²) >= 11 is 0. The van der Waals surface area contributed by atoms with Gasteiger partial charge in [-0.05, 0) is 50.2 Å². The normalized spacial score (nSPS) is 17.8. The molecule has 1 aromatic rings. The van der Waals surface area contributed by atoms with Crippen LogP contribution in [0.5, 0.6) is 0 Å². The second-order valence-corrected chi connectivity index (χ2v) is 6.62. The van der Waals surface area contributed by atoms with Crippen LogP contribution in [0.2, 0.25) is 0 Å². The highest BCUT2D eigenvalue weighted by atomic mass is 16.5. The molecule has 1 aromatic heterocycles. The molecule has 1 aliphatic rings. The Kier molecular flexibility index (Phi) is 6.96. The molecule has 1 heterocycles. The summed E-state index contributed by atoms with van der Waals surface area (Å²) in [6, 6.07) is 4.35. The second-order valence-electron chi connectivity index (χ2n) is 6.62. The molecule has 130 valence electrons. The molecule has 2 rings (SSSR count). The number of methoxy groups -OCH3 is 1. The van der Waals surface area contributed by atoms with Crippen LogP contribution < -0.4 is 10.6 Å². The van der Waals surface area contributed by atoms with E-state index >= 15 is 0 Å². The minimum Gasteiger partial charge on any atom is -0.469 e. The molecule has 1 atom stereocenters. The van der Waals surface area contributed by atoms with Gasteiger partial charge in [-0.2, -0.15) is 0 Å². The Morgan fingerprint density at radius 1 is 1.48 bits per heavy atom. The maximum absolute atomic E-state index is 5.37. The number of nitrogens with zero attached hydrogens (tertiary/aromatic N) is 1. The van der Waals surface area contributed by atoms with E-state index in [-0.39, 0.29) is 0 Å². The Bertz CT molecular complexity index is 467. The zero-order valence-corrected chi connectivity index (χ0v) is 14.7. The molecular weight excluding hydrogens is 290 g/mol. The van der Waals surface area contributed by atoms with Gasteiger partial charge >= 0.3 is 0 Å². The number of guanidine groups is 1. The van der Waals surface area contributed by atoms with E-state index in [1.54, 1.807) is 13.4 Å². The fourth-order valence-electron chi connectivity index (χ4n) is 2.48. The van der Waals surface area contributed by atoms with Gasteiger partial charge in [0.25, 0.3) is 0 Å². The third-order valence-electron chi connectivity index (χ3n) is 4.61. The Hall–Kier alpha value is -1.49. The van der Waals surface area contributed by atoms with Crippen molar-refractivity contribution in [1.29, 1.82) is 0 Å². The van der Waals surface area contributed by atoms with Crippen LogP contribution in [0, 0.1) is 5.41 Å². The summed E-state index contributed by atoms with van der Waals surface area (Å²) in [6.45, 7) is 6.89. The van der Waals surface area contributed by atoms with Crippen molar-refractivity contribution in [2.24, 2.45) is 10.4 Å². The number of nitrogens with one attached hydrogen (secondary N) is 2. The number of hydrogen-bond acceptors (Lipinski definition) is 3. The summed E-state index contributed by atoms with van der Waals surface area (Å²) in [5.74, 6) is 1.91. The number of ether oxygens (including phenoxy) is 1. The third-order valence-corrected chi connectivity index (χ3v) is 4.61. The summed E-state index contributed by atoms with van der Waals surface area (Å²) in [7, 11) is 1.77. The van der Waals surface area contributed by atoms with Crippen LogP contribution in [-0.2, 0) is 11.2 Å². The predicted molar refractivity (Wildman–Crippen MR) is 93.8 cm³/mol. The Morgan fingerprint density at radius 3 is 2.91 bits per heavy atom. The van der Waals surface area contributed by atoms with Crippen molar-refractivity contribution >= 4 is 5.96 Å². The van der Waals surface area contributed by atoms with Gasteiger partial charge in [-0.3, -0.25) is 4.99 Å². The molecule has 23 heavy (non-hydrogen) atoms. The van der Waals surface area contributed by atoms with Crippen molar-refractivity contribution in [3.63, 3.8) is 0 Å². The molecule has 0 aliphatic heterocycles. The highest BCUT2D eigenvalue weighted by molar-refractivity contribution is 5.80. The van der Waals surface area contributed by atoms with Gasteiger partial charge in [-0.15, -0.1) is 0 Å². The Morgan fingerprint density at radius 2 is 2.30 bits per heavy atom. The molecule has 0 bridgehead atoms. The number of furan rings is 1. The van der Waals surface area contributed by atoms with Gasteiger partial charge in [0.05, 0.1) is 6.26 Å². The number of hydrogen-bond donors (Lipinski definition) is 2. The lowest BCUT2D eigenvalue weighted by Gasteiger charge is -2.18. The highest BCUT2D eigenvalue weighted by Gasteiger charge is 2.41. The molecule has 5 heteroatoms. The lowest BCUT2D eigenvalue weighted by atomic mass is 10.0. The predicted octanol–water partition coefficient (Wildman–Crippen LogP) is 2.97. The van der Waals surface area contributed by atoms with E-state index in [1.165, 1.54) is 12.8 Å². The average Bonchev–Trinajstić information content (AvgIpc) is 3.14. The summed E-state index contributed by atoms with van der Waals surface area (Å²) in [6.07, 6.45) is 7.30. The van der Waals surface area contributed by atoms with Crippen molar-refractivity contribution in [3.8, 4) is 0 Å². The van der Waals surface area contributed by atoms with Crippen molar-refractivity contribution < 1.29 is 9.15 Å². The van der Waals surface area contributed by atoms with Crippen LogP contribution in [-0.4, -0.2) is 38.8 Å². The summed E-state index contributed by atoms with van der Waals surface area (Å²) < 4.78 is 10.6. The van der Waals surface area contributed by atoms with Gasteiger partial charge in [0.2, 0.25) is 0 Å². The third kappa shape index (κ3) is 6.26. The topological polar surface area (TPSA) is 58.8 Å². The first-order valence-electron chi connectivity index (χ1n) is 8.73. The number of rotatable bonds is 10. The molecule has 2 N–H and O–H groups in total. The first-order valence-corrected chi connectivity index (χ1v) is 8.73. The van der Waals surface area contributed by atoms with E-state index in [9.17, 15) is 0 Å². The molecule has 5 nitrogen and oxygen atoms in total. The van der Waals surface area contributed by atoms with Gasteiger partial charge in [-0.25, -0.2) is 0 Å². The molecule has 1 fully saturated rings. The minimum atomic E-state index is 0.376. The first-order chi connectivity index (χ1) is 11.2. The standard InChI is InChI=1S/C18H31N3O2/c1-4-15(2)21-17(19-11-7-16-6-5-12-23-16)20-14-18(8-9-18)10-13-22-3/h5-6,12,15H,4,7-11,13-14H2,1-3H3,(H2,19,20,21). The molecule has 0 aromatic carbocycles. The van der Waals surface area contributed by atoms with Crippen LogP contribution in [0.3, 0.4) is 0 Å². The largest absolute Gasteiger partial charge is 0.469 e. The Balaban J connectivity index is 1.83. The fraction of sp³-hybridized carbons (Fsp3) is 0.722. The van der Waals surface area contributed by atoms with E-state index in [1.807, 2.05) is 12.1 Å². The molecule has 0 saturated heterocycles. The molecule has 1 saturated carbocycles. The average molecular weight is 321 g/mol. The quantitative estimate of drug-likeness (QED) is 0.514. The van der Waals surface area contributed by atoms with Crippen LogP contribution >= 0.6 is 0 Å². The van der Waals surface area contributed by atoms with Gasteiger partial charge in [0.15, 0.2) is 5.96 Å². The summed E-state index contributed by atoms with van der Waals surface area (Å²) in [5.41, 5.74) is 0.376. The fourth-order valence-corrected chi connectivity index (χ4v) is 2.48. The number of aliphatic imine (C=N–C) groups is 1. The van der Waals surface area contributed by atoms with Crippen molar-refractivity contribution in [2.75, 3.05) is 26.8 Å². The molecule has 1 unspecified atom stereocenters. The summed E-state index contributed by atoms with van der Waals surface area (Å²) in [5, 5.41) is 6.91. The van der Waals surface area contributed by atoms with Crippen molar-refractivity contribution in [3.05, 3.63) is 24.2 Å².